The summed E-state index contributed by atoms with van der Waals surface area (Å²) in [6.07, 6.45) is 1.34. The fourth-order valence-electron chi connectivity index (χ4n) is 2.38. The molecule has 5 heteroatoms. The van der Waals surface area contributed by atoms with Crippen molar-refractivity contribution in [1.29, 1.82) is 0 Å². The quantitative estimate of drug-likeness (QED) is 0.625. The predicted octanol–water partition coefficient (Wildman–Crippen LogP) is 2.59. The lowest BCUT2D eigenvalue weighted by atomic mass is 10.0. The van der Waals surface area contributed by atoms with Gasteiger partial charge in [-0.05, 0) is 37.2 Å². The Labute approximate surface area is 125 Å². The summed E-state index contributed by atoms with van der Waals surface area (Å²) in [4.78, 5) is 14.9. The molecule has 0 unspecified atom stereocenters. The fraction of sp³-hybridized carbons (Fsp3) is 0.533. The lowest BCUT2D eigenvalue weighted by molar-refractivity contribution is -0.116. The van der Waals surface area contributed by atoms with Gasteiger partial charge < -0.3 is 16.0 Å². The average molecular weight is 293 g/mol. The van der Waals surface area contributed by atoms with Crippen molar-refractivity contribution in [3.05, 3.63) is 17.7 Å². The predicted molar refractivity (Wildman–Crippen MR) is 86.3 cm³/mol. The zero-order valence-electron chi connectivity index (χ0n) is 12.2. The molecular formula is C15H23N3OS. The maximum atomic E-state index is 11.4. The van der Waals surface area contributed by atoms with E-state index in [0.717, 1.165) is 53.6 Å². The zero-order chi connectivity index (χ0) is 14.5. The Kier molecular flexibility index (Phi) is 5.31. The molecule has 0 aliphatic carbocycles. The molecule has 1 heterocycles. The number of carbonyl (C=O) groups excluding carboxylic acids is 1. The minimum atomic E-state index is 0.0985. The van der Waals surface area contributed by atoms with E-state index in [2.05, 4.69) is 24.1 Å². The van der Waals surface area contributed by atoms with Gasteiger partial charge >= 0.3 is 0 Å². The van der Waals surface area contributed by atoms with Crippen LogP contribution in [0.4, 0.5) is 11.4 Å². The number of carbonyl (C=O) groups is 1. The summed E-state index contributed by atoms with van der Waals surface area (Å²) in [5.41, 5.74) is 9.02. The molecule has 0 fully saturated rings. The Bertz CT molecular complexity index is 486. The van der Waals surface area contributed by atoms with Gasteiger partial charge in [-0.15, -0.1) is 11.8 Å². The number of nitrogen functional groups attached to an aromatic ring is 1. The van der Waals surface area contributed by atoms with Gasteiger partial charge in [0.15, 0.2) is 0 Å². The van der Waals surface area contributed by atoms with Crippen LogP contribution in [0.2, 0.25) is 0 Å². The van der Waals surface area contributed by atoms with Crippen LogP contribution >= 0.6 is 11.8 Å². The van der Waals surface area contributed by atoms with Gasteiger partial charge in [0.05, 0.1) is 0 Å². The number of amides is 1. The van der Waals surface area contributed by atoms with Gasteiger partial charge in [0.2, 0.25) is 5.91 Å². The van der Waals surface area contributed by atoms with Crippen molar-refractivity contribution in [2.24, 2.45) is 0 Å². The van der Waals surface area contributed by atoms with Crippen LogP contribution in [-0.4, -0.2) is 36.2 Å². The number of benzene rings is 1. The molecule has 1 aromatic rings. The Morgan fingerprint density at radius 2 is 2.05 bits per heavy atom. The lowest BCUT2D eigenvalue weighted by Gasteiger charge is -2.20. The first-order chi connectivity index (χ1) is 9.63. The van der Waals surface area contributed by atoms with E-state index in [0.29, 0.717) is 6.42 Å². The van der Waals surface area contributed by atoms with E-state index >= 15 is 0 Å². The molecule has 1 aromatic carbocycles. The van der Waals surface area contributed by atoms with E-state index in [1.807, 2.05) is 12.1 Å². The SMILES string of the molecule is CCN(CC)CCSc1cc2c(cc1N)CCC(=O)N2. The minimum Gasteiger partial charge on any atom is -0.398 e. The first-order valence-corrected chi connectivity index (χ1v) is 8.20. The Morgan fingerprint density at radius 3 is 2.75 bits per heavy atom. The normalized spacial score (nSPS) is 14.2. The molecule has 0 aromatic heterocycles. The van der Waals surface area contributed by atoms with Gasteiger partial charge in [-0.3, -0.25) is 4.79 Å². The molecule has 2 rings (SSSR count). The number of nitrogens with zero attached hydrogens (tertiary/aromatic N) is 1. The molecule has 1 aliphatic rings. The first kappa shape index (κ1) is 15.2. The fourth-order valence-corrected chi connectivity index (χ4v) is 3.37. The smallest absolute Gasteiger partial charge is 0.224 e. The molecular weight excluding hydrogens is 270 g/mol. The monoisotopic (exact) mass is 293 g/mol. The van der Waals surface area contributed by atoms with Crippen molar-refractivity contribution in [1.82, 2.24) is 4.90 Å². The second-order valence-corrected chi connectivity index (χ2v) is 6.11. The van der Waals surface area contributed by atoms with Crippen LogP contribution in [-0.2, 0) is 11.2 Å². The number of anilines is 2. The van der Waals surface area contributed by atoms with Crippen molar-refractivity contribution >= 4 is 29.0 Å². The summed E-state index contributed by atoms with van der Waals surface area (Å²) in [5.74, 6) is 1.11. The van der Waals surface area contributed by atoms with E-state index in [9.17, 15) is 4.79 Å². The number of hydrogen-bond acceptors (Lipinski definition) is 4. The molecule has 20 heavy (non-hydrogen) atoms. The van der Waals surface area contributed by atoms with Crippen LogP contribution in [0.1, 0.15) is 25.8 Å². The number of hydrogen-bond donors (Lipinski definition) is 2. The van der Waals surface area contributed by atoms with Crippen molar-refractivity contribution in [3.63, 3.8) is 0 Å². The molecule has 1 amide bonds. The highest BCUT2D eigenvalue weighted by Crippen LogP contribution is 2.33. The summed E-state index contributed by atoms with van der Waals surface area (Å²) >= 11 is 1.76. The van der Waals surface area contributed by atoms with Gasteiger partial charge in [0, 0.05) is 35.0 Å². The number of rotatable bonds is 6. The second kappa shape index (κ2) is 6.99. The summed E-state index contributed by atoms with van der Waals surface area (Å²) in [6, 6.07) is 4.03. The average Bonchev–Trinajstić information content (AvgIpc) is 2.44. The number of nitrogens with two attached hydrogens (primary N) is 1. The Morgan fingerprint density at radius 1 is 1.30 bits per heavy atom. The molecule has 0 atom stereocenters. The van der Waals surface area contributed by atoms with Gasteiger partial charge in [-0.1, -0.05) is 13.8 Å². The highest BCUT2D eigenvalue weighted by atomic mass is 32.2. The first-order valence-electron chi connectivity index (χ1n) is 7.21. The summed E-state index contributed by atoms with van der Waals surface area (Å²) in [5, 5.41) is 2.93. The molecule has 110 valence electrons. The zero-order valence-corrected chi connectivity index (χ0v) is 13.1. The second-order valence-electron chi connectivity index (χ2n) is 4.97. The molecule has 4 nitrogen and oxygen atoms in total. The molecule has 0 bridgehead atoms. The van der Waals surface area contributed by atoms with Crippen LogP contribution in [0.5, 0.6) is 0 Å². The van der Waals surface area contributed by atoms with E-state index < -0.39 is 0 Å². The number of fused-ring (bicyclic) bond motifs is 1. The summed E-state index contributed by atoms with van der Waals surface area (Å²) in [6.45, 7) is 7.56. The Hall–Kier alpha value is -1.20. The van der Waals surface area contributed by atoms with Crippen LogP contribution in [0.3, 0.4) is 0 Å². The molecule has 0 radical (unpaired) electrons. The number of thioether (sulfide) groups is 1. The van der Waals surface area contributed by atoms with E-state index in [4.69, 9.17) is 5.73 Å². The third-order valence-corrected chi connectivity index (χ3v) is 4.74. The maximum absolute atomic E-state index is 11.4. The largest absolute Gasteiger partial charge is 0.398 e. The minimum absolute atomic E-state index is 0.0985. The molecule has 0 saturated carbocycles. The molecule has 0 saturated heterocycles. The van der Waals surface area contributed by atoms with Crippen LogP contribution in [0.25, 0.3) is 0 Å². The van der Waals surface area contributed by atoms with Crippen molar-refractivity contribution in [3.8, 4) is 0 Å². The standard InChI is InChI=1S/C15H23N3OS/c1-3-18(4-2)7-8-20-14-10-13-11(9-12(14)16)5-6-15(19)17-13/h9-10H,3-8,16H2,1-2H3,(H,17,19). The maximum Gasteiger partial charge on any atom is 0.224 e. The van der Waals surface area contributed by atoms with Crippen molar-refractivity contribution in [2.45, 2.75) is 31.6 Å². The van der Waals surface area contributed by atoms with Crippen LogP contribution in [0.15, 0.2) is 17.0 Å². The third-order valence-electron chi connectivity index (χ3n) is 3.69. The number of nitrogens with one attached hydrogen (secondary N) is 1. The molecule has 1 aliphatic heterocycles. The van der Waals surface area contributed by atoms with Crippen molar-refractivity contribution in [2.75, 3.05) is 36.4 Å². The van der Waals surface area contributed by atoms with Crippen LogP contribution < -0.4 is 11.1 Å². The van der Waals surface area contributed by atoms with E-state index in [1.165, 1.54) is 0 Å². The van der Waals surface area contributed by atoms with Crippen molar-refractivity contribution < 1.29 is 4.79 Å². The molecule has 0 spiro atoms. The highest BCUT2D eigenvalue weighted by Gasteiger charge is 2.16. The Balaban J connectivity index is 2.01. The van der Waals surface area contributed by atoms with Gasteiger partial charge in [-0.25, -0.2) is 0 Å². The van der Waals surface area contributed by atoms with E-state index in [1.54, 1.807) is 11.8 Å². The van der Waals surface area contributed by atoms with Gasteiger partial charge in [0.1, 0.15) is 0 Å². The van der Waals surface area contributed by atoms with Crippen LogP contribution in [0, 0.1) is 0 Å². The summed E-state index contributed by atoms with van der Waals surface area (Å²) in [7, 11) is 0. The highest BCUT2D eigenvalue weighted by molar-refractivity contribution is 7.99. The van der Waals surface area contributed by atoms with Gasteiger partial charge in [0.25, 0.3) is 0 Å². The third kappa shape index (κ3) is 3.67. The number of aryl methyl sites for hydroxylation is 1. The topological polar surface area (TPSA) is 58.4 Å². The van der Waals surface area contributed by atoms with Gasteiger partial charge in [-0.2, -0.15) is 0 Å². The lowest BCUT2D eigenvalue weighted by Crippen LogP contribution is -2.25. The van der Waals surface area contributed by atoms with E-state index in [-0.39, 0.29) is 5.91 Å². The molecule has 3 N–H and O–H groups in total. The summed E-state index contributed by atoms with van der Waals surface area (Å²) < 4.78 is 0.